The Labute approximate surface area is 115 Å². The summed E-state index contributed by atoms with van der Waals surface area (Å²) in [7, 11) is 1.48. The lowest BCUT2D eigenvalue weighted by molar-refractivity contribution is -0.151. The molecule has 1 saturated heterocycles. The highest BCUT2D eigenvalue weighted by Gasteiger charge is 2.36. The van der Waals surface area contributed by atoms with E-state index in [2.05, 4.69) is 30.9 Å². The van der Waals surface area contributed by atoms with Crippen molar-refractivity contribution in [2.45, 2.75) is 45.3 Å². The second-order valence-corrected chi connectivity index (χ2v) is 5.62. The molecule has 0 aliphatic carbocycles. The van der Waals surface area contributed by atoms with Gasteiger partial charge in [-0.3, -0.25) is 9.69 Å². The molecule has 1 aromatic carbocycles. The number of hydrogen-bond donors (Lipinski definition) is 0. The molecular formula is C16H23NO2. The van der Waals surface area contributed by atoms with E-state index in [9.17, 15) is 4.79 Å². The topological polar surface area (TPSA) is 29.5 Å². The van der Waals surface area contributed by atoms with Crippen LogP contribution in [0.1, 0.15) is 32.3 Å². The van der Waals surface area contributed by atoms with E-state index in [1.54, 1.807) is 0 Å². The van der Waals surface area contributed by atoms with Crippen LogP contribution in [0.3, 0.4) is 0 Å². The van der Waals surface area contributed by atoms with Crippen molar-refractivity contribution in [1.82, 2.24) is 4.90 Å². The van der Waals surface area contributed by atoms with Crippen molar-refractivity contribution in [3.63, 3.8) is 0 Å². The number of piperidine rings is 1. The lowest BCUT2D eigenvalue weighted by atomic mass is 9.87. The number of carbonyl (C=O) groups is 1. The minimum atomic E-state index is -0.107. The first-order chi connectivity index (χ1) is 9.11. The summed E-state index contributed by atoms with van der Waals surface area (Å²) in [6.07, 6.45) is 2.03. The third kappa shape index (κ3) is 3.35. The molecule has 0 saturated carbocycles. The molecule has 1 aromatic rings. The molecule has 104 valence electrons. The number of likely N-dealkylation sites (tertiary alicyclic amines) is 1. The first-order valence-corrected chi connectivity index (χ1v) is 6.99. The average molecular weight is 261 g/mol. The van der Waals surface area contributed by atoms with E-state index in [-0.39, 0.29) is 12.0 Å². The smallest absolute Gasteiger partial charge is 0.323 e. The SMILES string of the molecule is COC(=O)C1CC(C)CC(C)N1Cc1ccccc1. The minimum absolute atomic E-state index is 0.102. The maximum absolute atomic E-state index is 12.0. The minimum Gasteiger partial charge on any atom is -0.468 e. The van der Waals surface area contributed by atoms with Gasteiger partial charge in [-0.25, -0.2) is 0 Å². The van der Waals surface area contributed by atoms with Crippen LogP contribution in [0.2, 0.25) is 0 Å². The summed E-state index contributed by atoms with van der Waals surface area (Å²) < 4.78 is 4.97. The summed E-state index contributed by atoms with van der Waals surface area (Å²) in [6, 6.07) is 10.6. The maximum atomic E-state index is 12.0. The highest BCUT2D eigenvalue weighted by atomic mass is 16.5. The quantitative estimate of drug-likeness (QED) is 0.784. The van der Waals surface area contributed by atoms with Gasteiger partial charge < -0.3 is 4.74 Å². The Morgan fingerprint density at radius 3 is 2.58 bits per heavy atom. The van der Waals surface area contributed by atoms with Crippen LogP contribution in [-0.4, -0.2) is 30.1 Å². The summed E-state index contributed by atoms with van der Waals surface area (Å²) in [5, 5.41) is 0. The lowest BCUT2D eigenvalue weighted by Crippen LogP contribution is -2.51. The Kier molecular flexibility index (Phi) is 4.59. The number of carbonyl (C=O) groups excluding carboxylic acids is 1. The molecule has 0 spiro atoms. The van der Waals surface area contributed by atoms with Gasteiger partial charge in [0.05, 0.1) is 7.11 Å². The van der Waals surface area contributed by atoms with Gasteiger partial charge in [-0.1, -0.05) is 37.3 Å². The van der Waals surface area contributed by atoms with Gasteiger partial charge in [0.25, 0.3) is 0 Å². The van der Waals surface area contributed by atoms with Crippen LogP contribution in [0.4, 0.5) is 0 Å². The molecule has 1 heterocycles. The number of hydrogen-bond acceptors (Lipinski definition) is 3. The van der Waals surface area contributed by atoms with Crippen molar-refractivity contribution in [3.8, 4) is 0 Å². The Morgan fingerprint density at radius 2 is 1.95 bits per heavy atom. The zero-order valence-corrected chi connectivity index (χ0v) is 12.0. The lowest BCUT2D eigenvalue weighted by Gasteiger charge is -2.41. The average Bonchev–Trinajstić information content (AvgIpc) is 2.42. The Morgan fingerprint density at radius 1 is 1.26 bits per heavy atom. The van der Waals surface area contributed by atoms with E-state index < -0.39 is 0 Å². The van der Waals surface area contributed by atoms with E-state index in [0.717, 1.165) is 19.4 Å². The number of methoxy groups -OCH3 is 1. The standard InChI is InChI=1S/C16H23NO2/c1-12-9-13(2)17(15(10-12)16(18)19-3)11-14-7-5-4-6-8-14/h4-8,12-13,15H,9-11H2,1-3H3. The van der Waals surface area contributed by atoms with Crippen LogP contribution in [0.15, 0.2) is 30.3 Å². The van der Waals surface area contributed by atoms with Crippen molar-refractivity contribution in [1.29, 1.82) is 0 Å². The Hall–Kier alpha value is -1.35. The first kappa shape index (κ1) is 14.1. The summed E-state index contributed by atoms with van der Waals surface area (Å²) in [4.78, 5) is 14.3. The van der Waals surface area contributed by atoms with Crippen molar-refractivity contribution < 1.29 is 9.53 Å². The Balaban J connectivity index is 2.16. The largest absolute Gasteiger partial charge is 0.468 e. The molecule has 3 nitrogen and oxygen atoms in total. The van der Waals surface area contributed by atoms with Gasteiger partial charge in [-0.05, 0) is 31.2 Å². The number of rotatable bonds is 3. The molecule has 0 bridgehead atoms. The predicted molar refractivity (Wildman–Crippen MR) is 75.6 cm³/mol. The zero-order chi connectivity index (χ0) is 13.8. The number of esters is 1. The van der Waals surface area contributed by atoms with Gasteiger partial charge in [-0.2, -0.15) is 0 Å². The van der Waals surface area contributed by atoms with E-state index in [4.69, 9.17) is 4.74 Å². The fourth-order valence-corrected chi connectivity index (χ4v) is 3.07. The van der Waals surface area contributed by atoms with E-state index in [1.165, 1.54) is 12.7 Å². The van der Waals surface area contributed by atoms with E-state index in [0.29, 0.717) is 12.0 Å². The molecule has 0 N–H and O–H groups in total. The van der Waals surface area contributed by atoms with Gasteiger partial charge in [0.2, 0.25) is 0 Å². The highest BCUT2D eigenvalue weighted by molar-refractivity contribution is 5.75. The summed E-state index contributed by atoms with van der Waals surface area (Å²) in [5.41, 5.74) is 1.25. The van der Waals surface area contributed by atoms with Crippen LogP contribution in [-0.2, 0) is 16.1 Å². The van der Waals surface area contributed by atoms with Gasteiger partial charge in [-0.15, -0.1) is 0 Å². The fraction of sp³-hybridized carbons (Fsp3) is 0.562. The monoisotopic (exact) mass is 261 g/mol. The van der Waals surface area contributed by atoms with Crippen LogP contribution < -0.4 is 0 Å². The second-order valence-electron chi connectivity index (χ2n) is 5.62. The van der Waals surface area contributed by atoms with Crippen molar-refractivity contribution >= 4 is 5.97 Å². The van der Waals surface area contributed by atoms with Gasteiger partial charge >= 0.3 is 5.97 Å². The molecule has 1 fully saturated rings. The molecule has 3 heteroatoms. The van der Waals surface area contributed by atoms with Gasteiger partial charge in [0.1, 0.15) is 6.04 Å². The highest BCUT2D eigenvalue weighted by Crippen LogP contribution is 2.29. The molecule has 3 atom stereocenters. The summed E-state index contributed by atoms with van der Waals surface area (Å²) in [5.74, 6) is 0.473. The van der Waals surface area contributed by atoms with Gasteiger partial charge in [0, 0.05) is 12.6 Å². The molecule has 0 radical (unpaired) electrons. The fourth-order valence-electron chi connectivity index (χ4n) is 3.07. The number of nitrogens with zero attached hydrogens (tertiary/aromatic N) is 1. The zero-order valence-electron chi connectivity index (χ0n) is 12.0. The first-order valence-electron chi connectivity index (χ1n) is 6.99. The van der Waals surface area contributed by atoms with Crippen molar-refractivity contribution in [3.05, 3.63) is 35.9 Å². The summed E-state index contributed by atoms with van der Waals surface area (Å²) in [6.45, 7) is 5.23. The molecule has 19 heavy (non-hydrogen) atoms. The third-order valence-electron chi connectivity index (χ3n) is 4.02. The number of benzene rings is 1. The second kappa shape index (κ2) is 6.20. The third-order valence-corrected chi connectivity index (χ3v) is 4.02. The normalized spacial score (nSPS) is 28.1. The van der Waals surface area contributed by atoms with Crippen LogP contribution in [0.5, 0.6) is 0 Å². The summed E-state index contributed by atoms with van der Waals surface area (Å²) >= 11 is 0. The number of ether oxygens (including phenoxy) is 1. The predicted octanol–water partition coefficient (Wildman–Crippen LogP) is 2.85. The van der Waals surface area contributed by atoms with Crippen LogP contribution in [0.25, 0.3) is 0 Å². The molecular weight excluding hydrogens is 238 g/mol. The van der Waals surface area contributed by atoms with E-state index in [1.807, 2.05) is 18.2 Å². The molecule has 0 amide bonds. The molecule has 2 rings (SSSR count). The molecule has 1 aliphatic heterocycles. The van der Waals surface area contributed by atoms with Crippen molar-refractivity contribution in [2.75, 3.05) is 7.11 Å². The van der Waals surface area contributed by atoms with Crippen LogP contribution in [0, 0.1) is 5.92 Å². The Bertz CT molecular complexity index is 418. The molecule has 3 unspecified atom stereocenters. The molecule has 0 aromatic heterocycles. The van der Waals surface area contributed by atoms with Gasteiger partial charge in [0.15, 0.2) is 0 Å². The maximum Gasteiger partial charge on any atom is 0.323 e. The van der Waals surface area contributed by atoms with Crippen molar-refractivity contribution in [2.24, 2.45) is 5.92 Å². The van der Waals surface area contributed by atoms with Crippen LogP contribution >= 0.6 is 0 Å². The van der Waals surface area contributed by atoms with E-state index >= 15 is 0 Å². The molecule has 1 aliphatic rings.